The zero-order chi connectivity index (χ0) is 9.12. The Morgan fingerprint density at radius 3 is 2.00 bits per heavy atom. The van der Waals surface area contributed by atoms with Crippen molar-refractivity contribution in [2.45, 2.75) is 43.2 Å². The van der Waals surface area contributed by atoms with E-state index in [-0.39, 0.29) is 0 Å². The fraction of sp³-hybridized carbons (Fsp3) is 0.875. The number of hydrogen-bond acceptors (Lipinski definition) is 2. The summed E-state index contributed by atoms with van der Waals surface area (Å²) in [4.78, 5) is 0. The van der Waals surface area contributed by atoms with Crippen molar-refractivity contribution in [3.8, 4) is 0 Å². The quantitative estimate of drug-likeness (QED) is 0.690. The molecular formula is C8H17O2Se. The Bertz CT molecular complexity index is 197. The Labute approximate surface area is 71.0 Å². The topological polar surface area (TPSA) is 34.1 Å². The monoisotopic (exact) mass is 225 g/mol. The molecule has 0 atom stereocenters. The number of rotatable bonds is 3. The first-order valence-corrected chi connectivity index (χ1v) is 7.29. The van der Waals surface area contributed by atoms with Gasteiger partial charge in [-0.25, -0.2) is 0 Å². The third-order valence-electron chi connectivity index (χ3n) is 1.60. The van der Waals surface area contributed by atoms with Crippen LogP contribution in [0.2, 0.25) is 9.63 Å². The molecule has 0 aliphatic rings. The fourth-order valence-corrected chi connectivity index (χ4v) is 3.11. The Morgan fingerprint density at radius 2 is 1.73 bits per heavy atom. The summed E-state index contributed by atoms with van der Waals surface area (Å²) in [5.74, 6) is 0. The molecule has 0 N–H and O–H groups in total. The molecule has 1 radical (unpaired) electrons. The van der Waals surface area contributed by atoms with Gasteiger partial charge in [0.05, 0.1) is 0 Å². The summed E-state index contributed by atoms with van der Waals surface area (Å²) < 4.78 is 22.4. The molecule has 0 bridgehead atoms. The van der Waals surface area contributed by atoms with E-state index in [0.717, 1.165) is 0 Å². The molecule has 0 aliphatic heterocycles. The zero-order valence-corrected chi connectivity index (χ0v) is 9.27. The molecule has 11 heavy (non-hydrogen) atoms. The van der Waals surface area contributed by atoms with Crippen molar-refractivity contribution in [2.75, 3.05) is 0 Å². The van der Waals surface area contributed by atoms with Gasteiger partial charge in [0.1, 0.15) is 0 Å². The van der Waals surface area contributed by atoms with Crippen LogP contribution in [-0.4, -0.2) is 12.7 Å². The SMILES string of the molecule is [CH2]CCC[Se](=O)(=O)C(C)(C)C. The van der Waals surface area contributed by atoms with Gasteiger partial charge in [-0.2, -0.15) is 0 Å². The summed E-state index contributed by atoms with van der Waals surface area (Å²) in [7, 11) is 0. The molecule has 0 aromatic rings. The average molecular weight is 224 g/mol. The van der Waals surface area contributed by atoms with Crippen LogP contribution in [0.3, 0.4) is 0 Å². The Morgan fingerprint density at radius 1 is 1.27 bits per heavy atom. The molecule has 0 rings (SSSR count). The van der Waals surface area contributed by atoms with E-state index in [9.17, 15) is 7.67 Å². The van der Waals surface area contributed by atoms with E-state index in [1.54, 1.807) is 20.8 Å². The van der Waals surface area contributed by atoms with Crippen molar-refractivity contribution in [2.24, 2.45) is 0 Å². The van der Waals surface area contributed by atoms with E-state index in [0.29, 0.717) is 18.2 Å². The van der Waals surface area contributed by atoms with Crippen molar-refractivity contribution >= 4 is 12.7 Å². The van der Waals surface area contributed by atoms with Crippen LogP contribution >= 0.6 is 0 Å². The van der Waals surface area contributed by atoms with Gasteiger partial charge in [0.25, 0.3) is 0 Å². The third kappa shape index (κ3) is 3.35. The van der Waals surface area contributed by atoms with Gasteiger partial charge in [-0.05, 0) is 0 Å². The molecule has 3 heteroatoms. The van der Waals surface area contributed by atoms with Gasteiger partial charge in [0, 0.05) is 0 Å². The molecule has 0 fully saturated rings. The normalized spacial score (nSPS) is 13.5. The van der Waals surface area contributed by atoms with Gasteiger partial charge >= 0.3 is 70.5 Å². The number of unbranched alkanes of at least 4 members (excludes halogenated alkanes) is 1. The van der Waals surface area contributed by atoms with E-state index in [1.165, 1.54) is 0 Å². The van der Waals surface area contributed by atoms with Crippen LogP contribution in [0.25, 0.3) is 0 Å². The van der Waals surface area contributed by atoms with Gasteiger partial charge in [-0.1, -0.05) is 0 Å². The van der Waals surface area contributed by atoms with Crippen LogP contribution in [0.5, 0.6) is 0 Å². The average Bonchev–Trinajstić information content (AvgIpc) is 1.81. The molecule has 2 nitrogen and oxygen atoms in total. The molecule has 0 aromatic carbocycles. The third-order valence-corrected chi connectivity index (χ3v) is 7.24. The van der Waals surface area contributed by atoms with Crippen LogP contribution in [0.15, 0.2) is 0 Å². The molecule has 0 amide bonds. The second-order valence-electron chi connectivity index (χ2n) is 3.64. The van der Waals surface area contributed by atoms with Crippen LogP contribution < -0.4 is 0 Å². The van der Waals surface area contributed by atoms with Crippen molar-refractivity contribution in [3.63, 3.8) is 0 Å². The van der Waals surface area contributed by atoms with Gasteiger partial charge in [-0.15, -0.1) is 0 Å². The second kappa shape index (κ2) is 3.68. The predicted molar refractivity (Wildman–Crippen MR) is 46.2 cm³/mol. The Balaban J connectivity index is 4.26. The van der Waals surface area contributed by atoms with Crippen molar-refractivity contribution < 1.29 is 7.67 Å². The van der Waals surface area contributed by atoms with Crippen LogP contribution in [0.4, 0.5) is 0 Å². The summed E-state index contributed by atoms with van der Waals surface area (Å²) in [5.41, 5.74) is 0. The Hall–Kier alpha value is 0.119. The maximum absolute atomic E-state index is 11.5. The van der Waals surface area contributed by atoms with E-state index in [4.69, 9.17) is 0 Å². The number of hydrogen-bond donors (Lipinski definition) is 0. The van der Waals surface area contributed by atoms with Crippen molar-refractivity contribution in [1.29, 1.82) is 0 Å². The molecule has 67 valence electrons. The summed E-state index contributed by atoms with van der Waals surface area (Å²) in [6.45, 7) is 8.90. The minimum absolute atomic E-state index is 0.337. The first-order chi connectivity index (χ1) is 4.81. The molecule has 0 aromatic heterocycles. The van der Waals surface area contributed by atoms with Gasteiger partial charge in [0.2, 0.25) is 0 Å². The fourth-order valence-electron chi connectivity index (χ4n) is 0.598. The molecule has 0 spiro atoms. The van der Waals surface area contributed by atoms with Gasteiger partial charge < -0.3 is 0 Å². The van der Waals surface area contributed by atoms with Crippen LogP contribution in [0.1, 0.15) is 33.6 Å². The maximum atomic E-state index is 11.5. The van der Waals surface area contributed by atoms with Crippen LogP contribution in [0, 0.1) is 6.92 Å². The molecule has 0 heterocycles. The van der Waals surface area contributed by atoms with Crippen molar-refractivity contribution in [3.05, 3.63) is 6.92 Å². The van der Waals surface area contributed by atoms with Crippen LogP contribution in [-0.2, 0) is 7.67 Å². The standard InChI is InChI=1S/C8H17O2Se/c1-5-6-7-11(9,10)8(2,3)4/h1,5-7H2,2-4H3. The summed E-state index contributed by atoms with van der Waals surface area (Å²) in [5, 5.41) is 0.337. The van der Waals surface area contributed by atoms with E-state index < -0.39 is 17.0 Å². The molecule has 0 aliphatic carbocycles. The summed E-state index contributed by atoms with van der Waals surface area (Å²) in [6, 6.07) is 0. The Kier molecular flexibility index (Phi) is 3.72. The van der Waals surface area contributed by atoms with E-state index in [1.807, 2.05) is 0 Å². The second-order valence-corrected chi connectivity index (χ2v) is 9.64. The van der Waals surface area contributed by atoms with Gasteiger partial charge in [-0.3, -0.25) is 0 Å². The summed E-state index contributed by atoms with van der Waals surface area (Å²) in [6.07, 6.45) is 1.41. The minimum atomic E-state index is -3.64. The van der Waals surface area contributed by atoms with Crippen molar-refractivity contribution in [1.82, 2.24) is 0 Å². The van der Waals surface area contributed by atoms with Gasteiger partial charge in [0.15, 0.2) is 0 Å². The molecule has 0 unspecified atom stereocenters. The molecule has 0 saturated heterocycles. The van der Waals surface area contributed by atoms with E-state index >= 15 is 0 Å². The first kappa shape index (κ1) is 11.1. The van der Waals surface area contributed by atoms with E-state index in [2.05, 4.69) is 6.92 Å². The predicted octanol–water partition coefficient (Wildman–Crippen LogP) is 2.70. The zero-order valence-electron chi connectivity index (χ0n) is 7.55. The first-order valence-electron chi connectivity index (χ1n) is 3.83. The summed E-state index contributed by atoms with van der Waals surface area (Å²) >= 11 is -3.64. The molecule has 0 saturated carbocycles. The molecular weight excluding hydrogens is 207 g/mol.